The molecule has 0 heterocycles. The molecule has 0 N–H and O–H groups in total. The standard InChI is InChI=1S/C6H14O.Al.Zn.3H/c1-3-5-7-6-4-2;;;;;/h3-6H2,1-2H3;;;;;. The molecule has 0 atom stereocenters. The van der Waals surface area contributed by atoms with Crippen molar-refractivity contribution in [1.82, 2.24) is 0 Å². The van der Waals surface area contributed by atoms with Gasteiger partial charge in [0.2, 0.25) is 0 Å². The van der Waals surface area contributed by atoms with Gasteiger partial charge in [-0.15, -0.1) is 0 Å². The zero-order chi connectivity index (χ0) is 5.54. The Morgan fingerprint density at radius 2 is 1.33 bits per heavy atom. The first kappa shape index (κ1) is 16.6. The van der Waals surface area contributed by atoms with Crippen LogP contribution in [0.1, 0.15) is 26.7 Å². The van der Waals surface area contributed by atoms with Crippen molar-refractivity contribution in [3.8, 4) is 0 Å². The van der Waals surface area contributed by atoms with Gasteiger partial charge in [0.05, 0.1) is 0 Å². The Labute approximate surface area is 81.4 Å². The molecule has 0 aromatic heterocycles. The predicted octanol–water partition coefficient (Wildman–Crippen LogP) is 0.637. The van der Waals surface area contributed by atoms with E-state index in [0.717, 1.165) is 26.1 Å². The van der Waals surface area contributed by atoms with Crippen LogP contribution in [0, 0.1) is 0 Å². The average Bonchev–Trinajstić information content (AvgIpc) is 1.69. The summed E-state index contributed by atoms with van der Waals surface area (Å²) < 4.78 is 5.13. The Bertz CT molecular complexity index is 32.2. The first-order chi connectivity index (χ1) is 3.41. The molecule has 0 aromatic rings. The largest absolute Gasteiger partial charge is 0.381 e. The van der Waals surface area contributed by atoms with Gasteiger partial charge in [-0.05, 0) is 12.8 Å². The maximum absolute atomic E-state index is 5.13. The van der Waals surface area contributed by atoms with Crippen LogP contribution in [0.4, 0.5) is 0 Å². The van der Waals surface area contributed by atoms with E-state index in [-0.39, 0.29) is 36.8 Å². The molecule has 0 rings (SSSR count). The van der Waals surface area contributed by atoms with Crippen molar-refractivity contribution in [2.45, 2.75) is 26.7 Å². The molecular weight excluding hydrogens is 180 g/mol. The third-order valence-corrected chi connectivity index (χ3v) is 0.697. The van der Waals surface area contributed by atoms with Crippen molar-refractivity contribution in [1.29, 1.82) is 0 Å². The van der Waals surface area contributed by atoms with Gasteiger partial charge < -0.3 is 4.74 Å². The van der Waals surface area contributed by atoms with Gasteiger partial charge in [-0.2, -0.15) is 0 Å². The van der Waals surface area contributed by atoms with Gasteiger partial charge in [-0.1, -0.05) is 13.8 Å². The summed E-state index contributed by atoms with van der Waals surface area (Å²) in [5.74, 6) is 0. The summed E-state index contributed by atoms with van der Waals surface area (Å²) in [4.78, 5) is 0. The van der Waals surface area contributed by atoms with Gasteiger partial charge in [-0.25, -0.2) is 0 Å². The zero-order valence-corrected chi connectivity index (χ0v) is 8.91. The maximum Gasteiger partial charge on any atom is 0.187 e. The van der Waals surface area contributed by atoms with Crippen LogP contribution in [0.3, 0.4) is 0 Å². The van der Waals surface area contributed by atoms with Crippen LogP contribution in [0.5, 0.6) is 0 Å². The molecule has 0 saturated heterocycles. The molecule has 0 bridgehead atoms. The van der Waals surface area contributed by atoms with E-state index >= 15 is 0 Å². The predicted molar refractivity (Wildman–Crippen MR) is 41.3 cm³/mol. The van der Waals surface area contributed by atoms with Gasteiger partial charge in [-0.3, -0.25) is 0 Å². The zero-order valence-electron chi connectivity index (χ0n) is 5.94. The minimum atomic E-state index is 0. The van der Waals surface area contributed by atoms with Crippen LogP contribution < -0.4 is 0 Å². The molecule has 0 spiro atoms. The summed E-state index contributed by atoms with van der Waals surface area (Å²) in [6.45, 7) is 6.09. The van der Waals surface area contributed by atoms with Crippen LogP contribution in [0.25, 0.3) is 0 Å². The van der Waals surface area contributed by atoms with Gasteiger partial charge in [0.1, 0.15) is 0 Å². The van der Waals surface area contributed by atoms with E-state index in [4.69, 9.17) is 4.74 Å². The van der Waals surface area contributed by atoms with Gasteiger partial charge in [0, 0.05) is 32.7 Å². The number of hydrogen-bond acceptors (Lipinski definition) is 1. The van der Waals surface area contributed by atoms with Crippen LogP contribution >= 0.6 is 0 Å². The van der Waals surface area contributed by atoms with Crippen LogP contribution in [-0.2, 0) is 24.2 Å². The first-order valence-corrected chi connectivity index (χ1v) is 2.99. The van der Waals surface area contributed by atoms with Gasteiger partial charge in [0.25, 0.3) is 0 Å². The van der Waals surface area contributed by atoms with Crippen LogP contribution in [0.15, 0.2) is 0 Å². The Hall–Kier alpha value is 1.12. The molecule has 0 aliphatic carbocycles. The number of hydrogen-bond donors (Lipinski definition) is 0. The molecule has 9 heavy (non-hydrogen) atoms. The second kappa shape index (κ2) is 16.1. The molecular formula is C6H17AlOZn. The minimum Gasteiger partial charge on any atom is -0.381 e. The van der Waals surface area contributed by atoms with E-state index in [1.54, 1.807) is 0 Å². The molecule has 0 fully saturated rings. The topological polar surface area (TPSA) is 9.23 Å². The first-order valence-electron chi connectivity index (χ1n) is 2.99. The van der Waals surface area contributed by atoms with Gasteiger partial charge >= 0.3 is 0 Å². The fraction of sp³-hybridized carbons (Fsp3) is 1.00. The van der Waals surface area contributed by atoms with E-state index < -0.39 is 0 Å². The normalized spacial score (nSPS) is 7.33. The fourth-order valence-corrected chi connectivity index (χ4v) is 0.391. The molecule has 0 aliphatic heterocycles. The van der Waals surface area contributed by atoms with Crippen molar-refractivity contribution >= 4 is 17.4 Å². The Balaban J connectivity index is -0.000000180. The molecule has 0 aromatic carbocycles. The summed E-state index contributed by atoms with van der Waals surface area (Å²) in [6, 6.07) is 0. The SMILES string of the molecule is CCCOCCC.[AlH3].[Zn]. The van der Waals surface area contributed by atoms with E-state index in [1.807, 2.05) is 0 Å². The molecule has 3 heteroatoms. The molecule has 0 radical (unpaired) electrons. The van der Waals surface area contributed by atoms with E-state index in [0.29, 0.717) is 0 Å². The van der Waals surface area contributed by atoms with Crippen LogP contribution in [-0.4, -0.2) is 30.6 Å². The van der Waals surface area contributed by atoms with E-state index in [2.05, 4.69) is 13.8 Å². The summed E-state index contributed by atoms with van der Waals surface area (Å²) >= 11 is 0. The maximum atomic E-state index is 5.13. The van der Waals surface area contributed by atoms with Crippen molar-refractivity contribution in [2.24, 2.45) is 0 Å². The fourth-order valence-electron chi connectivity index (χ4n) is 0.391. The molecule has 0 aliphatic rings. The Morgan fingerprint density at radius 1 is 1.00 bits per heavy atom. The molecule has 0 amide bonds. The second-order valence-corrected chi connectivity index (χ2v) is 1.61. The second-order valence-electron chi connectivity index (χ2n) is 1.61. The summed E-state index contributed by atoms with van der Waals surface area (Å²) in [7, 11) is 0. The number of ether oxygens (including phenoxy) is 1. The summed E-state index contributed by atoms with van der Waals surface area (Å²) in [6.07, 6.45) is 2.28. The Kier molecular flexibility index (Phi) is 29.6. The van der Waals surface area contributed by atoms with Crippen molar-refractivity contribution < 1.29 is 24.2 Å². The quantitative estimate of drug-likeness (QED) is 0.475. The molecule has 52 valence electrons. The van der Waals surface area contributed by atoms with Crippen molar-refractivity contribution in [2.75, 3.05) is 13.2 Å². The van der Waals surface area contributed by atoms with Gasteiger partial charge in [0.15, 0.2) is 17.4 Å². The Morgan fingerprint density at radius 3 is 1.56 bits per heavy atom. The molecule has 0 unspecified atom stereocenters. The van der Waals surface area contributed by atoms with Crippen molar-refractivity contribution in [3.05, 3.63) is 0 Å². The summed E-state index contributed by atoms with van der Waals surface area (Å²) in [5, 5.41) is 0. The molecule has 1 nitrogen and oxygen atoms in total. The van der Waals surface area contributed by atoms with E-state index in [1.165, 1.54) is 0 Å². The van der Waals surface area contributed by atoms with E-state index in [9.17, 15) is 0 Å². The summed E-state index contributed by atoms with van der Waals surface area (Å²) in [5.41, 5.74) is 0. The third-order valence-electron chi connectivity index (χ3n) is 0.697. The smallest absolute Gasteiger partial charge is 0.187 e. The van der Waals surface area contributed by atoms with Crippen LogP contribution in [0.2, 0.25) is 0 Å². The monoisotopic (exact) mass is 196 g/mol. The average molecular weight is 198 g/mol. The third kappa shape index (κ3) is 17.6. The number of rotatable bonds is 4. The molecule has 0 saturated carbocycles. The van der Waals surface area contributed by atoms with Crippen molar-refractivity contribution in [3.63, 3.8) is 0 Å². The minimum absolute atomic E-state index is 0.